The lowest BCUT2D eigenvalue weighted by atomic mass is 10.1. The van der Waals surface area contributed by atoms with E-state index in [1.807, 2.05) is 18.2 Å². The minimum Gasteiger partial charge on any atom is -0.475 e. The van der Waals surface area contributed by atoms with Crippen LogP contribution in [0.1, 0.15) is 17.5 Å². The predicted molar refractivity (Wildman–Crippen MR) is 133 cm³/mol. The topological polar surface area (TPSA) is 167 Å². The largest absolute Gasteiger partial charge is 0.490 e. The molecule has 2 aromatic heterocycles. The summed E-state index contributed by atoms with van der Waals surface area (Å²) in [7, 11) is -3.84. The number of alkyl halides is 3. The number of sulfonamides is 1. The molecule has 38 heavy (non-hydrogen) atoms. The second kappa shape index (κ2) is 11.7. The molecule has 1 aromatic carbocycles. The molecule has 1 saturated heterocycles. The number of thiophene rings is 1. The van der Waals surface area contributed by atoms with E-state index in [1.165, 1.54) is 6.07 Å². The Morgan fingerprint density at radius 2 is 1.89 bits per heavy atom. The molecule has 0 saturated carbocycles. The number of nitrogens with two attached hydrogens (primary N) is 1. The van der Waals surface area contributed by atoms with Gasteiger partial charge in [0.1, 0.15) is 16.1 Å². The molecule has 0 bridgehead atoms. The molecule has 202 valence electrons. The van der Waals surface area contributed by atoms with E-state index in [1.54, 1.807) is 41.6 Å². The van der Waals surface area contributed by atoms with Crippen LogP contribution >= 0.6 is 11.3 Å². The van der Waals surface area contributed by atoms with Crippen molar-refractivity contribution in [3.63, 3.8) is 0 Å². The minimum absolute atomic E-state index is 0.0679. The fourth-order valence-corrected chi connectivity index (χ4v) is 6.04. The van der Waals surface area contributed by atoms with Gasteiger partial charge in [0.05, 0.1) is 0 Å². The summed E-state index contributed by atoms with van der Waals surface area (Å²) in [5.41, 5.74) is 7.79. The van der Waals surface area contributed by atoms with Gasteiger partial charge < -0.3 is 15.7 Å². The zero-order valence-corrected chi connectivity index (χ0v) is 21.1. The Labute approximate surface area is 219 Å². The monoisotopic (exact) mass is 569 g/mol. The van der Waals surface area contributed by atoms with Crippen molar-refractivity contribution >= 4 is 39.1 Å². The van der Waals surface area contributed by atoms with Gasteiger partial charge in [-0.15, -0.1) is 11.3 Å². The average molecular weight is 570 g/mol. The lowest BCUT2D eigenvalue weighted by Crippen LogP contribution is -2.41. The fourth-order valence-electron chi connectivity index (χ4n) is 3.51. The third-order valence-electron chi connectivity index (χ3n) is 5.30. The van der Waals surface area contributed by atoms with Crippen LogP contribution in [0.3, 0.4) is 0 Å². The molecule has 3 aromatic rings. The van der Waals surface area contributed by atoms with Crippen molar-refractivity contribution in [1.29, 1.82) is 5.41 Å². The summed E-state index contributed by atoms with van der Waals surface area (Å²) in [6, 6.07) is 13.2. The highest BCUT2D eigenvalue weighted by atomic mass is 32.2. The van der Waals surface area contributed by atoms with Crippen molar-refractivity contribution in [1.82, 2.24) is 14.6 Å². The molecule has 5 N–H and O–H groups in total. The molecule has 0 spiro atoms. The van der Waals surface area contributed by atoms with Gasteiger partial charge in [-0.2, -0.15) is 17.9 Å². The Morgan fingerprint density at radius 3 is 2.50 bits per heavy atom. The van der Waals surface area contributed by atoms with Crippen molar-refractivity contribution < 1.29 is 36.3 Å². The number of likely N-dealkylation sites (tertiary alicyclic amines) is 1. The number of carboxylic acids is 1. The second-order valence-electron chi connectivity index (χ2n) is 7.96. The first-order valence-electron chi connectivity index (χ1n) is 10.8. The molecule has 1 atom stereocenters. The van der Waals surface area contributed by atoms with Gasteiger partial charge in [0.2, 0.25) is 5.91 Å². The highest BCUT2D eigenvalue weighted by Gasteiger charge is 2.38. The molecule has 1 amide bonds. The first kappa shape index (κ1) is 28.7. The van der Waals surface area contributed by atoms with Crippen LogP contribution in [0.2, 0.25) is 0 Å². The molecule has 1 fully saturated rings. The molecule has 1 aliphatic heterocycles. The standard InChI is InChI=1S/C21H21N5O3S2.C2HF3O2/c22-20(23)16-6-2-1-4-15(16)13-26-11-9-17(21(26)27)25-31(28,29)19-8-7-18(30-19)14-5-3-10-24-12-14;3-2(4,5)1(6)7/h1-8,10,12,17,25H,9,11,13H2,(H3,22,23);(H,6,7). The number of carboxylic acid groups (broad SMARTS) is 1. The van der Waals surface area contributed by atoms with Crippen LogP contribution in [-0.4, -0.2) is 59.9 Å². The van der Waals surface area contributed by atoms with E-state index in [2.05, 4.69) is 9.71 Å². The van der Waals surface area contributed by atoms with E-state index in [0.717, 1.165) is 27.3 Å². The smallest absolute Gasteiger partial charge is 0.475 e. The number of nitrogen functional groups attached to an aromatic ring is 1. The number of amidine groups is 1. The lowest BCUT2D eigenvalue weighted by Gasteiger charge is -2.19. The number of carbonyl (C=O) groups is 2. The zero-order chi connectivity index (χ0) is 28.1. The number of nitrogens with zero attached hydrogens (tertiary/aromatic N) is 2. The van der Waals surface area contributed by atoms with Gasteiger partial charge in [0.15, 0.2) is 0 Å². The maximum absolute atomic E-state index is 12.9. The maximum atomic E-state index is 12.9. The van der Waals surface area contributed by atoms with Gasteiger partial charge >= 0.3 is 12.1 Å². The number of carbonyl (C=O) groups excluding carboxylic acids is 1. The van der Waals surface area contributed by atoms with Crippen molar-refractivity contribution in [2.75, 3.05) is 6.54 Å². The number of nitrogens with one attached hydrogen (secondary N) is 2. The number of aromatic nitrogens is 1. The minimum atomic E-state index is -5.08. The van der Waals surface area contributed by atoms with Crippen LogP contribution in [0.25, 0.3) is 10.4 Å². The molecule has 15 heteroatoms. The molecule has 0 radical (unpaired) electrons. The number of pyridine rings is 1. The molecule has 0 aliphatic carbocycles. The van der Waals surface area contributed by atoms with E-state index >= 15 is 0 Å². The Morgan fingerprint density at radius 1 is 1.21 bits per heavy atom. The summed E-state index contributed by atoms with van der Waals surface area (Å²) in [5.74, 6) is -3.11. The molecule has 1 aliphatic rings. The van der Waals surface area contributed by atoms with Gasteiger partial charge in [-0.1, -0.05) is 30.3 Å². The van der Waals surface area contributed by atoms with E-state index in [9.17, 15) is 26.4 Å². The molecular formula is C23H22F3N5O5S2. The molecule has 10 nitrogen and oxygen atoms in total. The van der Waals surface area contributed by atoms with E-state index in [-0.39, 0.29) is 22.5 Å². The number of benzene rings is 1. The van der Waals surface area contributed by atoms with Crippen LogP contribution in [-0.2, 0) is 26.2 Å². The van der Waals surface area contributed by atoms with Gasteiger partial charge in [-0.25, -0.2) is 13.2 Å². The molecule has 3 heterocycles. The van der Waals surface area contributed by atoms with Gasteiger partial charge in [0, 0.05) is 41.5 Å². The van der Waals surface area contributed by atoms with Crippen LogP contribution in [0.4, 0.5) is 13.2 Å². The number of halogens is 3. The van der Waals surface area contributed by atoms with E-state index < -0.39 is 28.2 Å². The highest BCUT2D eigenvalue weighted by Crippen LogP contribution is 2.30. The Kier molecular flexibility index (Phi) is 8.85. The average Bonchev–Trinajstić information content (AvgIpc) is 3.49. The summed E-state index contributed by atoms with van der Waals surface area (Å²) in [5, 5.41) is 14.8. The first-order valence-corrected chi connectivity index (χ1v) is 13.1. The van der Waals surface area contributed by atoms with Crippen LogP contribution in [0, 0.1) is 5.41 Å². The number of hydrogen-bond acceptors (Lipinski definition) is 7. The van der Waals surface area contributed by atoms with Crippen molar-refractivity contribution in [3.8, 4) is 10.4 Å². The third kappa shape index (κ3) is 7.14. The predicted octanol–water partition coefficient (Wildman–Crippen LogP) is 2.81. The quantitative estimate of drug-likeness (QED) is 0.251. The van der Waals surface area contributed by atoms with Crippen molar-refractivity contribution in [2.24, 2.45) is 5.73 Å². The highest BCUT2D eigenvalue weighted by molar-refractivity contribution is 7.91. The van der Waals surface area contributed by atoms with E-state index in [0.29, 0.717) is 18.5 Å². The van der Waals surface area contributed by atoms with Gasteiger partial charge in [-0.3, -0.25) is 15.2 Å². The SMILES string of the molecule is N=C(N)c1ccccc1CN1CCC(NS(=O)(=O)c2ccc(-c3cccnc3)s2)C1=O.O=C(O)C(F)(F)F. The van der Waals surface area contributed by atoms with Crippen LogP contribution in [0.5, 0.6) is 0 Å². The van der Waals surface area contributed by atoms with E-state index in [4.69, 9.17) is 21.0 Å². The Bertz CT molecular complexity index is 1430. The van der Waals surface area contributed by atoms with Crippen LogP contribution in [0.15, 0.2) is 65.1 Å². The summed E-state index contributed by atoms with van der Waals surface area (Å²) < 4.78 is 60.1. The normalized spacial score (nSPS) is 15.6. The zero-order valence-electron chi connectivity index (χ0n) is 19.5. The summed E-state index contributed by atoms with van der Waals surface area (Å²) in [6.45, 7) is 0.695. The number of hydrogen-bond donors (Lipinski definition) is 4. The third-order valence-corrected chi connectivity index (χ3v) is 8.40. The molecule has 1 unspecified atom stereocenters. The number of amides is 1. The first-order chi connectivity index (χ1) is 17.8. The van der Waals surface area contributed by atoms with Crippen molar-refractivity contribution in [2.45, 2.75) is 29.4 Å². The van der Waals surface area contributed by atoms with Gasteiger partial charge in [-0.05, 0) is 30.2 Å². The molecular weight excluding hydrogens is 547 g/mol. The second-order valence-corrected chi connectivity index (χ2v) is 11.0. The summed E-state index contributed by atoms with van der Waals surface area (Å²) in [6.07, 6.45) is -1.38. The van der Waals surface area contributed by atoms with Gasteiger partial charge in [0.25, 0.3) is 10.0 Å². The Balaban J connectivity index is 0.000000505. The van der Waals surface area contributed by atoms with Crippen molar-refractivity contribution in [3.05, 3.63) is 72.1 Å². The number of rotatable bonds is 7. The lowest BCUT2D eigenvalue weighted by molar-refractivity contribution is -0.192. The summed E-state index contributed by atoms with van der Waals surface area (Å²) >= 11 is 1.13. The fraction of sp³-hybridized carbons (Fsp3) is 0.217. The maximum Gasteiger partial charge on any atom is 0.490 e. The van der Waals surface area contributed by atoms with Crippen LogP contribution < -0.4 is 10.5 Å². The molecule has 4 rings (SSSR count). The summed E-state index contributed by atoms with van der Waals surface area (Å²) in [4.78, 5) is 28.2. The Hall–Kier alpha value is -3.82. The number of aliphatic carboxylic acids is 1.